The van der Waals surface area contributed by atoms with Crippen LogP contribution >= 0.6 is 11.3 Å². The number of benzene rings is 1. The van der Waals surface area contributed by atoms with Gasteiger partial charge in [-0.2, -0.15) is 0 Å². The van der Waals surface area contributed by atoms with Gasteiger partial charge in [-0.3, -0.25) is 0 Å². The van der Waals surface area contributed by atoms with Gasteiger partial charge in [-0.1, -0.05) is 19.1 Å². The van der Waals surface area contributed by atoms with E-state index in [9.17, 15) is 0 Å². The molecule has 2 aromatic rings. The molecule has 1 atom stereocenters. The first-order valence-electron chi connectivity index (χ1n) is 6.63. The molecule has 1 aromatic heterocycles. The van der Waals surface area contributed by atoms with Crippen molar-refractivity contribution in [1.82, 2.24) is 5.32 Å². The molecule has 94 valence electrons. The number of nitrogens with one attached hydrogen (secondary N) is 1. The van der Waals surface area contributed by atoms with Crippen LogP contribution in [0.4, 0.5) is 0 Å². The van der Waals surface area contributed by atoms with Gasteiger partial charge in [0.05, 0.1) is 0 Å². The largest absolute Gasteiger partial charge is 0.316 e. The average molecular weight is 257 g/mol. The second kappa shape index (κ2) is 4.87. The quantitative estimate of drug-likeness (QED) is 0.815. The minimum atomic E-state index is 0.613. The van der Waals surface area contributed by atoms with Gasteiger partial charge in [0.1, 0.15) is 0 Å². The molecule has 1 aliphatic rings. The second-order valence-electron chi connectivity index (χ2n) is 5.20. The van der Waals surface area contributed by atoms with Gasteiger partial charge < -0.3 is 5.32 Å². The van der Waals surface area contributed by atoms with Crippen LogP contribution in [0.15, 0.2) is 29.6 Å². The minimum Gasteiger partial charge on any atom is -0.316 e. The summed E-state index contributed by atoms with van der Waals surface area (Å²) in [5.74, 6) is 0.613. The molecule has 0 spiro atoms. The van der Waals surface area contributed by atoms with Crippen molar-refractivity contribution in [3.63, 3.8) is 0 Å². The topological polar surface area (TPSA) is 12.0 Å². The summed E-state index contributed by atoms with van der Waals surface area (Å²) < 4.78 is 0. The zero-order chi connectivity index (χ0) is 12.5. The van der Waals surface area contributed by atoms with Gasteiger partial charge in [0.15, 0.2) is 0 Å². The summed E-state index contributed by atoms with van der Waals surface area (Å²) in [6.45, 7) is 6.76. The summed E-state index contributed by atoms with van der Waals surface area (Å²) in [6.07, 6.45) is 1.16. The molecule has 1 unspecified atom stereocenters. The molecule has 1 nitrogen and oxygen atoms in total. The summed E-state index contributed by atoms with van der Waals surface area (Å²) >= 11 is 1.83. The number of aryl methyl sites for hydroxylation is 1. The number of rotatable bonds is 1. The fraction of sp³-hybridized carbons (Fsp3) is 0.375. The van der Waals surface area contributed by atoms with Crippen LogP contribution in [0.3, 0.4) is 0 Å². The lowest BCUT2D eigenvalue weighted by atomic mass is 9.90. The number of hydrogen-bond acceptors (Lipinski definition) is 2. The van der Waals surface area contributed by atoms with Gasteiger partial charge in [-0.05, 0) is 65.6 Å². The Balaban J connectivity index is 2.13. The van der Waals surface area contributed by atoms with E-state index in [1.54, 1.807) is 0 Å². The zero-order valence-corrected chi connectivity index (χ0v) is 11.8. The molecule has 2 heteroatoms. The lowest BCUT2D eigenvalue weighted by Gasteiger charge is -2.16. The molecule has 1 aromatic carbocycles. The maximum Gasteiger partial charge on any atom is 0.0345 e. The highest BCUT2D eigenvalue weighted by Gasteiger charge is 2.17. The maximum atomic E-state index is 3.52. The number of hydrogen-bond donors (Lipinski definition) is 1. The van der Waals surface area contributed by atoms with Gasteiger partial charge in [-0.25, -0.2) is 0 Å². The van der Waals surface area contributed by atoms with Crippen LogP contribution in [0, 0.1) is 6.92 Å². The third-order valence-electron chi connectivity index (χ3n) is 3.83. The summed E-state index contributed by atoms with van der Waals surface area (Å²) in [5, 5.41) is 5.68. The van der Waals surface area contributed by atoms with Crippen molar-refractivity contribution in [2.45, 2.75) is 26.2 Å². The van der Waals surface area contributed by atoms with E-state index in [4.69, 9.17) is 0 Å². The van der Waals surface area contributed by atoms with Crippen LogP contribution in [-0.2, 0) is 6.42 Å². The third kappa shape index (κ3) is 2.11. The molecular weight excluding hydrogens is 238 g/mol. The van der Waals surface area contributed by atoms with Gasteiger partial charge in [0.25, 0.3) is 0 Å². The standard InChI is InChI=1S/C16H19NS/c1-11-8-13-5-6-17-10-12(2)14(13)9-15(11)16-4-3-7-18-16/h3-4,7-9,12,17H,5-6,10H2,1-2H3. The van der Waals surface area contributed by atoms with E-state index in [0.717, 1.165) is 19.5 Å². The first-order chi connectivity index (χ1) is 8.75. The highest BCUT2D eigenvalue weighted by molar-refractivity contribution is 7.13. The average Bonchev–Trinajstić information content (AvgIpc) is 2.82. The molecule has 18 heavy (non-hydrogen) atoms. The number of fused-ring (bicyclic) bond motifs is 1. The van der Waals surface area contributed by atoms with Crippen molar-refractivity contribution in [1.29, 1.82) is 0 Å². The molecule has 3 rings (SSSR count). The van der Waals surface area contributed by atoms with Gasteiger partial charge in [0, 0.05) is 11.4 Å². The predicted octanol–water partition coefficient (Wildman–Crippen LogP) is 3.97. The summed E-state index contributed by atoms with van der Waals surface area (Å²) in [6, 6.07) is 9.18. The molecular formula is C16H19NS. The van der Waals surface area contributed by atoms with E-state index in [1.807, 2.05) is 11.3 Å². The molecule has 1 N–H and O–H groups in total. The van der Waals surface area contributed by atoms with E-state index >= 15 is 0 Å². The molecule has 1 aliphatic heterocycles. The Morgan fingerprint density at radius 1 is 1.33 bits per heavy atom. The third-order valence-corrected chi connectivity index (χ3v) is 4.73. The maximum absolute atomic E-state index is 3.52. The highest BCUT2D eigenvalue weighted by Crippen LogP contribution is 2.33. The van der Waals surface area contributed by atoms with E-state index in [2.05, 4.69) is 48.8 Å². The lowest BCUT2D eigenvalue weighted by molar-refractivity contribution is 0.644. The Labute approximate surface area is 113 Å². The van der Waals surface area contributed by atoms with Crippen molar-refractivity contribution >= 4 is 11.3 Å². The molecule has 0 bridgehead atoms. The fourth-order valence-corrected chi connectivity index (χ4v) is 3.62. The SMILES string of the molecule is Cc1cc2c(cc1-c1cccs1)C(C)CNCC2. The molecule has 2 heterocycles. The Morgan fingerprint density at radius 3 is 3.00 bits per heavy atom. The lowest BCUT2D eigenvalue weighted by Crippen LogP contribution is -2.18. The van der Waals surface area contributed by atoms with E-state index in [-0.39, 0.29) is 0 Å². The van der Waals surface area contributed by atoms with Crippen LogP contribution < -0.4 is 5.32 Å². The van der Waals surface area contributed by atoms with Crippen LogP contribution in [-0.4, -0.2) is 13.1 Å². The Morgan fingerprint density at radius 2 is 2.22 bits per heavy atom. The van der Waals surface area contributed by atoms with Gasteiger partial charge >= 0.3 is 0 Å². The molecule has 0 saturated carbocycles. The summed E-state index contributed by atoms with van der Waals surface area (Å²) in [5.41, 5.74) is 5.89. The van der Waals surface area contributed by atoms with Crippen LogP contribution in [0.5, 0.6) is 0 Å². The molecule has 0 fully saturated rings. The Kier molecular flexibility index (Phi) is 3.23. The monoisotopic (exact) mass is 257 g/mol. The van der Waals surface area contributed by atoms with E-state index in [1.165, 1.54) is 27.1 Å². The zero-order valence-electron chi connectivity index (χ0n) is 11.0. The number of thiophene rings is 1. The fourth-order valence-electron chi connectivity index (χ4n) is 2.81. The van der Waals surface area contributed by atoms with Crippen LogP contribution in [0.2, 0.25) is 0 Å². The summed E-state index contributed by atoms with van der Waals surface area (Å²) in [7, 11) is 0. The van der Waals surface area contributed by atoms with E-state index < -0.39 is 0 Å². The molecule has 0 saturated heterocycles. The Bertz CT molecular complexity index is 542. The van der Waals surface area contributed by atoms with Gasteiger partial charge in [-0.15, -0.1) is 11.3 Å². The smallest absolute Gasteiger partial charge is 0.0345 e. The molecule has 0 aliphatic carbocycles. The van der Waals surface area contributed by atoms with Crippen LogP contribution in [0.1, 0.15) is 29.5 Å². The van der Waals surface area contributed by atoms with Crippen molar-refractivity contribution in [3.05, 3.63) is 46.3 Å². The second-order valence-corrected chi connectivity index (χ2v) is 6.15. The predicted molar refractivity (Wildman–Crippen MR) is 79.5 cm³/mol. The van der Waals surface area contributed by atoms with Crippen LogP contribution in [0.25, 0.3) is 10.4 Å². The minimum absolute atomic E-state index is 0.613. The Hall–Kier alpha value is -1.12. The van der Waals surface area contributed by atoms with Crippen molar-refractivity contribution in [3.8, 4) is 10.4 Å². The molecule has 0 amide bonds. The van der Waals surface area contributed by atoms with Crippen molar-refractivity contribution in [2.75, 3.05) is 13.1 Å². The molecule has 0 radical (unpaired) electrons. The normalized spacial score (nSPS) is 19.3. The summed E-state index contributed by atoms with van der Waals surface area (Å²) in [4.78, 5) is 1.39. The first kappa shape index (κ1) is 11.9. The highest BCUT2D eigenvalue weighted by atomic mass is 32.1. The van der Waals surface area contributed by atoms with Crippen molar-refractivity contribution < 1.29 is 0 Å². The van der Waals surface area contributed by atoms with E-state index in [0.29, 0.717) is 5.92 Å². The van der Waals surface area contributed by atoms with Crippen molar-refractivity contribution in [2.24, 2.45) is 0 Å². The first-order valence-corrected chi connectivity index (χ1v) is 7.51. The van der Waals surface area contributed by atoms with Gasteiger partial charge in [0.2, 0.25) is 0 Å².